The Morgan fingerprint density at radius 3 is 2.39 bits per heavy atom. The van der Waals surface area contributed by atoms with E-state index in [1.165, 1.54) is 25.7 Å². The monoisotopic (exact) mass is 392 g/mol. The Morgan fingerprint density at radius 2 is 1.68 bits per heavy atom. The molecule has 0 radical (unpaired) electrons. The number of rotatable bonds is 4. The first kappa shape index (κ1) is 20.7. The van der Waals surface area contributed by atoms with Gasteiger partial charge in [0, 0.05) is 6.42 Å². The van der Waals surface area contributed by atoms with Crippen LogP contribution >= 0.6 is 0 Å². The first-order chi connectivity index (χ1) is 13.2. The van der Waals surface area contributed by atoms with Gasteiger partial charge in [-0.05, 0) is 104 Å². The van der Waals surface area contributed by atoms with Crippen LogP contribution < -0.4 is 0 Å². The maximum atomic E-state index is 11.2. The fourth-order valence-electron chi connectivity index (χ4n) is 8.73. The first-order valence-electron chi connectivity index (χ1n) is 11.7. The number of carboxylic acids is 1. The van der Waals surface area contributed by atoms with Gasteiger partial charge in [-0.2, -0.15) is 0 Å². The molecule has 4 nitrogen and oxygen atoms in total. The van der Waals surface area contributed by atoms with E-state index in [0.29, 0.717) is 35.5 Å². The summed E-state index contributed by atoms with van der Waals surface area (Å²) < 4.78 is 0. The molecule has 28 heavy (non-hydrogen) atoms. The molecule has 4 aliphatic rings. The lowest BCUT2D eigenvalue weighted by atomic mass is 9.43. The SMILES string of the molecule is CC(CCC(=O)O)[C@H]1CC[C@H]2[C@H]3C(O)C[C@@H]4C[C@H](O)CCC4(C)C3CCC12C. The van der Waals surface area contributed by atoms with Crippen LogP contribution in [0.5, 0.6) is 0 Å². The number of carbonyl (C=O) groups is 1. The van der Waals surface area contributed by atoms with E-state index in [2.05, 4.69) is 20.8 Å². The van der Waals surface area contributed by atoms with Gasteiger partial charge in [0.15, 0.2) is 0 Å². The molecule has 0 bridgehead atoms. The Bertz CT molecular complexity index is 605. The average Bonchev–Trinajstić information content (AvgIpc) is 2.98. The largest absolute Gasteiger partial charge is 0.481 e. The molecular weight excluding hydrogens is 352 g/mol. The van der Waals surface area contributed by atoms with Crippen molar-refractivity contribution in [3.8, 4) is 0 Å². The van der Waals surface area contributed by atoms with E-state index in [1.54, 1.807) is 0 Å². The van der Waals surface area contributed by atoms with E-state index in [4.69, 9.17) is 5.11 Å². The van der Waals surface area contributed by atoms with E-state index in [9.17, 15) is 15.0 Å². The summed E-state index contributed by atoms with van der Waals surface area (Å²) in [6.45, 7) is 7.16. The highest BCUT2D eigenvalue weighted by Crippen LogP contribution is 2.68. The Balaban J connectivity index is 1.55. The maximum absolute atomic E-state index is 11.2. The average molecular weight is 393 g/mol. The highest BCUT2D eigenvalue weighted by molar-refractivity contribution is 5.66. The zero-order chi connectivity index (χ0) is 20.3. The molecule has 0 spiro atoms. The number of hydrogen-bond donors (Lipinski definition) is 3. The number of aliphatic hydroxyl groups is 2. The molecular formula is C24H40O4. The van der Waals surface area contributed by atoms with E-state index >= 15 is 0 Å². The molecule has 4 aliphatic carbocycles. The minimum absolute atomic E-state index is 0.179. The maximum Gasteiger partial charge on any atom is 0.303 e. The summed E-state index contributed by atoms with van der Waals surface area (Å²) in [4.78, 5) is 11.1. The molecule has 0 aromatic heterocycles. The highest BCUT2D eigenvalue weighted by atomic mass is 16.4. The fourth-order valence-corrected chi connectivity index (χ4v) is 8.73. The van der Waals surface area contributed by atoms with Gasteiger partial charge in [-0.1, -0.05) is 20.8 Å². The van der Waals surface area contributed by atoms with E-state index in [-0.39, 0.29) is 29.5 Å². The third-order valence-electron chi connectivity index (χ3n) is 10.2. The summed E-state index contributed by atoms with van der Waals surface area (Å²) in [5, 5.41) is 30.5. The lowest BCUT2D eigenvalue weighted by Gasteiger charge is -2.62. The van der Waals surface area contributed by atoms with Gasteiger partial charge in [-0.15, -0.1) is 0 Å². The quantitative estimate of drug-likeness (QED) is 0.659. The van der Waals surface area contributed by atoms with E-state index in [1.807, 2.05) is 0 Å². The van der Waals surface area contributed by atoms with Gasteiger partial charge in [0.2, 0.25) is 0 Å². The van der Waals surface area contributed by atoms with Gasteiger partial charge in [-0.25, -0.2) is 0 Å². The molecule has 4 heteroatoms. The number of aliphatic hydroxyl groups excluding tert-OH is 2. The summed E-state index contributed by atoms with van der Waals surface area (Å²) in [5.41, 5.74) is 0.523. The van der Waals surface area contributed by atoms with Crippen molar-refractivity contribution < 1.29 is 20.1 Å². The van der Waals surface area contributed by atoms with Crippen molar-refractivity contribution in [3.05, 3.63) is 0 Å². The number of aliphatic carboxylic acids is 1. The van der Waals surface area contributed by atoms with Crippen molar-refractivity contribution in [1.82, 2.24) is 0 Å². The van der Waals surface area contributed by atoms with Crippen molar-refractivity contribution >= 4 is 5.97 Å². The van der Waals surface area contributed by atoms with Crippen LogP contribution in [0.4, 0.5) is 0 Å². The highest BCUT2D eigenvalue weighted by Gasteiger charge is 2.62. The Labute approximate surface area is 170 Å². The van der Waals surface area contributed by atoms with Crippen LogP contribution in [-0.2, 0) is 4.79 Å². The minimum Gasteiger partial charge on any atom is -0.481 e. The van der Waals surface area contributed by atoms with Gasteiger partial charge in [0.05, 0.1) is 12.2 Å². The van der Waals surface area contributed by atoms with Crippen LogP contribution in [0.25, 0.3) is 0 Å². The summed E-state index contributed by atoms with van der Waals surface area (Å²) in [7, 11) is 0. The fraction of sp³-hybridized carbons (Fsp3) is 0.958. The van der Waals surface area contributed by atoms with Crippen LogP contribution in [0.15, 0.2) is 0 Å². The van der Waals surface area contributed by atoms with Gasteiger partial charge in [0.25, 0.3) is 0 Å². The zero-order valence-electron chi connectivity index (χ0n) is 17.9. The molecule has 0 aromatic carbocycles. The number of hydrogen-bond acceptors (Lipinski definition) is 3. The third-order valence-corrected chi connectivity index (χ3v) is 10.2. The smallest absolute Gasteiger partial charge is 0.303 e. The molecule has 0 saturated heterocycles. The molecule has 0 heterocycles. The van der Waals surface area contributed by atoms with Gasteiger partial charge >= 0.3 is 5.97 Å². The predicted octanol–water partition coefficient (Wildman–Crippen LogP) is 4.48. The van der Waals surface area contributed by atoms with Crippen molar-refractivity contribution in [3.63, 3.8) is 0 Å². The van der Waals surface area contributed by atoms with Crippen LogP contribution in [0, 0.1) is 46.3 Å². The molecule has 0 aliphatic heterocycles. The summed E-state index contributed by atoms with van der Waals surface area (Å²) in [6.07, 6.45) is 9.19. The van der Waals surface area contributed by atoms with Crippen LogP contribution in [-0.4, -0.2) is 33.5 Å². The molecule has 10 atom stereocenters. The normalized spacial score (nSPS) is 51.7. The molecule has 160 valence electrons. The van der Waals surface area contributed by atoms with Crippen molar-refractivity contribution in [2.24, 2.45) is 46.3 Å². The standard InChI is InChI=1S/C24H40O4/c1-14(4-7-21(27)28)17-5-6-18-22-19(9-11-24(17,18)3)23(2)10-8-16(25)12-15(23)13-20(22)26/h14-20,22,25-26H,4-13H2,1-3H3,(H,27,28)/t14?,15-,16+,17+,18-,19?,20?,22+,23?,24?/m0/s1. The van der Waals surface area contributed by atoms with Crippen molar-refractivity contribution in [1.29, 1.82) is 0 Å². The van der Waals surface area contributed by atoms with Gasteiger partial charge < -0.3 is 15.3 Å². The summed E-state index contributed by atoms with van der Waals surface area (Å²) in [5.74, 6) is 2.36. The second kappa shape index (κ2) is 7.27. The van der Waals surface area contributed by atoms with E-state index < -0.39 is 5.97 Å². The molecule has 3 N–H and O–H groups in total. The van der Waals surface area contributed by atoms with Crippen molar-refractivity contribution in [2.75, 3.05) is 0 Å². The number of carboxylic acid groups (broad SMARTS) is 1. The second-order valence-electron chi connectivity index (χ2n) is 11.4. The van der Waals surface area contributed by atoms with Gasteiger partial charge in [-0.3, -0.25) is 4.79 Å². The van der Waals surface area contributed by atoms with Gasteiger partial charge in [0.1, 0.15) is 0 Å². The summed E-state index contributed by atoms with van der Waals surface area (Å²) >= 11 is 0. The minimum atomic E-state index is -0.684. The zero-order valence-corrected chi connectivity index (χ0v) is 17.9. The lowest BCUT2D eigenvalue weighted by molar-refractivity contribution is -0.174. The Morgan fingerprint density at radius 1 is 1.00 bits per heavy atom. The lowest BCUT2D eigenvalue weighted by Crippen LogP contribution is -2.58. The Kier molecular flexibility index (Phi) is 5.36. The molecule has 4 saturated carbocycles. The first-order valence-corrected chi connectivity index (χ1v) is 11.7. The molecule has 4 rings (SSSR count). The summed E-state index contributed by atoms with van der Waals surface area (Å²) in [6, 6.07) is 0. The Hall–Kier alpha value is -0.610. The third kappa shape index (κ3) is 3.14. The second-order valence-corrected chi connectivity index (χ2v) is 11.4. The number of fused-ring (bicyclic) bond motifs is 5. The van der Waals surface area contributed by atoms with E-state index in [0.717, 1.165) is 32.1 Å². The van der Waals surface area contributed by atoms with Crippen LogP contribution in [0.1, 0.15) is 85.0 Å². The molecule has 4 fully saturated rings. The topological polar surface area (TPSA) is 77.8 Å². The molecule has 0 aromatic rings. The molecule has 5 unspecified atom stereocenters. The predicted molar refractivity (Wildman–Crippen MR) is 109 cm³/mol. The van der Waals surface area contributed by atoms with Crippen LogP contribution in [0.2, 0.25) is 0 Å². The van der Waals surface area contributed by atoms with Crippen molar-refractivity contribution in [2.45, 2.75) is 97.2 Å². The van der Waals surface area contributed by atoms with Crippen LogP contribution in [0.3, 0.4) is 0 Å². The molecule has 0 amide bonds.